The highest BCUT2D eigenvalue weighted by atomic mass is 32.2. The molecule has 2 aromatic carbocycles. The molecule has 21 heavy (non-hydrogen) atoms. The van der Waals surface area contributed by atoms with E-state index in [2.05, 4.69) is 4.72 Å². The Hall–Kier alpha value is -2.15. The lowest BCUT2D eigenvalue weighted by Gasteiger charge is -2.13. The van der Waals surface area contributed by atoms with Crippen LogP contribution in [0.4, 0.5) is 14.5 Å². The number of hydrogen-bond donors (Lipinski definition) is 1. The molecule has 7 heteroatoms. The number of rotatable bonds is 5. The van der Waals surface area contributed by atoms with E-state index in [4.69, 9.17) is 4.74 Å². The second-order valence-corrected chi connectivity index (χ2v) is 5.76. The molecule has 0 aliphatic rings. The Kier molecular flexibility index (Phi) is 4.42. The summed E-state index contributed by atoms with van der Waals surface area (Å²) in [5, 5.41) is 0. The molecule has 112 valence electrons. The first kappa shape index (κ1) is 15.2. The van der Waals surface area contributed by atoms with E-state index in [0.717, 1.165) is 12.1 Å². The van der Waals surface area contributed by atoms with Gasteiger partial charge in [0.2, 0.25) is 0 Å². The van der Waals surface area contributed by atoms with Crippen molar-refractivity contribution in [1.29, 1.82) is 0 Å². The fourth-order valence-electron chi connectivity index (χ4n) is 1.73. The van der Waals surface area contributed by atoms with Gasteiger partial charge in [-0.15, -0.1) is 0 Å². The molecule has 0 atom stereocenters. The van der Waals surface area contributed by atoms with E-state index in [0.29, 0.717) is 18.4 Å². The van der Waals surface area contributed by atoms with Gasteiger partial charge < -0.3 is 4.74 Å². The molecule has 0 saturated carbocycles. The van der Waals surface area contributed by atoms with Crippen LogP contribution in [0.25, 0.3) is 0 Å². The van der Waals surface area contributed by atoms with E-state index in [9.17, 15) is 17.2 Å². The molecule has 0 bridgehead atoms. The molecule has 0 radical (unpaired) electrons. The summed E-state index contributed by atoms with van der Waals surface area (Å²) in [5.74, 6) is -1.68. The van der Waals surface area contributed by atoms with E-state index in [1.165, 1.54) is 6.07 Å². The minimum Gasteiger partial charge on any atom is -0.492 e. The van der Waals surface area contributed by atoms with Crippen molar-refractivity contribution in [3.05, 3.63) is 54.1 Å². The Balaban J connectivity index is 2.38. The van der Waals surface area contributed by atoms with Crippen molar-refractivity contribution < 1.29 is 21.9 Å². The van der Waals surface area contributed by atoms with Crippen molar-refractivity contribution in [2.24, 2.45) is 0 Å². The first-order valence-electron chi connectivity index (χ1n) is 6.13. The van der Waals surface area contributed by atoms with E-state index in [1.807, 2.05) is 0 Å². The molecule has 0 unspecified atom stereocenters. The molecule has 0 spiro atoms. The molecule has 2 aromatic rings. The van der Waals surface area contributed by atoms with Gasteiger partial charge in [-0.2, -0.15) is 0 Å². The van der Waals surface area contributed by atoms with Crippen molar-refractivity contribution in [1.82, 2.24) is 0 Å². The smallest absolute Gasteiger partial charge is 0.264 e. The van der Waals surface area contributed by atoms with Gasteiger partial charge in [0.05, 0.1) is 12.3 Å². The maximum Gasteiger partial charge on any atom is 0.264 e. The highest BCUT2D eigenvalue weighted by molar-refractivity contribution is 7.92. The monoisotopic (exact) mass is 313 g/mol. The summed E-state index contributed by atoms with van der Waals surface area (Å²) in [5.41, 5.74) is 0.183. The third kappa shape index (κ3) is 3.49. The topological polar surface area (TPSA) is 55.4 Å². The van der Waals surface area contributed by atoms with Crippen molar-refractivity contribution in [2.45, 2.75) is 11.8 Å². The van der Waals surface area contributed by atoms with Crippen LogP contribution in [0.5, 0.6) is 5.75 Å². The Bertz CT molecular complexity index is 748. The lowest BCUT2D eigenvalue weighted by molar-refractivity contribution is 0.342. The molecule has 0 aliphatic heterocycles. The highest BCUT2D eigenvalue weighted by Crippen LogP contribution is 2.27. The zero-order chi connectivity index (χ0) is 15.5. The first-order chi connectivity index (χ1) is 9.94. The number of halogens is 2. The molecule has 0 aromatic heterocycles. The van der Waals surface area contributed by atoms with Gasteiger partial charge in [0.25, 0.3) is 10.0 Å². The number of ether oxygens (including phenoxy) is 1. The largest absolute Gasteiger partial charge is 0.492 e. The van der Waals surface area contributed by atoms with Crippen LogP contribution in [0.3, 0.4) is 0 Å². The summed E-state index contributed by atoms with van der Waals surface area (Å²) < 4.78 is 58.3. The normalized spacial score (nSPS) is 11.2. The van der Waals surface area contributed by atoms with E-state index in [-0.39, 0.29) is 5.69 Å². The van der Waals surface area contributed by atoms with Crippen LogP contribution in [-0.4, -0.2) is 15.0 Å². The Labute approximate surface area is 121 Å². The maximum atomic E-state index is 13.6. The van der Waals surface area contributed by atoms with E-state index < -0.39 is 26.6 Å². The Morgan fingerprint density at radius 2 is 1.86 bits per heavy atom. The van der Waals surface area contributed by atoms with Crippen LogP contribution in [0.15, 0.2) is 47.4 Å². The minimum atomic E-state index is -4.17. The molecule has 0 fully saturated rings. The summed E-state index contributed by atoms with van der Waals surface area (Å²) in [6.45, 7) is 2.11. The van der Waals surface area contributed by atoms with Crippen molar-refractivity contribution in [3.8, 4) is 5.75 Å². The van der Waals surface area contributed by atoms with Crippen LogP contribution in [0.1, 0.15) is 6.92 Å². The zero-order valence-electron chi connectivity index (χ0n) is 11.1. The fourth-order valence-corrected chi connectivity index (χ4v) is 2.86. The van der Waals surface area contributed by atoms with Gasteiger partial charge in [0.1, 0.15) is 22.3 Å². The number of nitrogens with one attached hydrogen (secondary N) is 1. The molecule has 0 saturated heterocycles. The summed E-state index contributed by atoms with van der Waals surface area (Å²) in [6, 6.07) is 8.64. The lowest BCUT2D eigenvalue weighted by Crippen LogP contribution is -2.15. The van der Waals surface area contributed by atoms with Crippen LogP contribution in [-0.2, 0) is 10.0 Å². The highest BCUT2D eigenvalue weighted by Gasteiger charge is 2.21. The lowest BCUT2D eigenvalue weighted by atomic mass is 10.3. The fraction of sp³-hybridized carbons (Fsp3) is 0.143. The molecular formula is C14H13F2NO3S. The van der Waals surface area contributed by atoms with Gasteiger partial charge in [-0.05, 0) is 31.2 Å². The van der Waals surface area contributed by atoms with Gasteiger partial charge in [-0.3, -0.25) is 4.72 Å². The number of hydrogen-bond acceptors (Lipinski definition) is 3. The number of anilines is 1. The van der Waals surface area contributed by atoms with Crippen molar-refractivity contribution in [2.75, 3.05) is 11.3 Å². The van der Waals surface area contributed by atoms with Crippen molar-refractivity contribution >= 4 is 15.7 Å². The van der Waals surface area contributed by atoms with E-state index in [1.54, 1.807) is 25.1 Å². The predicted octanol–water partition coefficient (Wildman–Crippen LogP) is 3.16. The van der Waals surface area contributed by atoms with E-state index >= 15 is 0 Å². The average Bonchev–Trinajstić information content (AvgIpc) is 2.40. The molecule has 0 aliphatic carbocycles. The quantitative estimate of drug-likeness (QED) is 0.922. The molecule has 0 amide bonds. The van der Waals surface area contributed by atoms with Gasteiger partial charge in [0, 0.05) is 6.07 Å². The van der Waals surface area contributed by atoms with Crippen LogP contribution in [0.2, 0.25) is 0 Å². The average molecular weight is 313 g/mol. The van der Waals surface area contributed by atoms with Gasteiger partial charge in [-0.1, -0.05) is 12.1 Å². The third-order valence-electron chi connectivity index (χ3n) is 2.61. The molecular weight excluding hydrogens is 300 g/mol. The van der Waals surface area contributed by atoms with Gasteiger partial charge >= 0.3 is 0 Å². The van der Waals surface area contributed by atoms with Crippen LogP contribution in [0, 0.1) is 11.6 Å². The van der Waals surface area contributed by atoms with Crippen LogP contribution >= 0.6 is 0 Å². The zero-order valence-corrected chi connectivity index (χ0v) is 12.0. The second-order valence-electron chi connectivity index (χ2n) is 4.11. The summed E-state index contributed by atoms with van der Waals surface area (Å²) in [7, 11) is -4.17. The van der Waals surface area contributed by atoms with Crippen molar-refractivity contribution in [3.63, 3.8) is 0 Å². The Morgan fingerprint density at radius 1 is 1.14 bits per heavy atom. The molecule has 1 N–H and O–H groups in total. The standard InChI is InChI=1S/C14H13F2NO3S/c1-2-20-13-6-4-3-5-12(13)17-21(18,19)14-8-7-10(15)9-11(14)16/h3-9,17H,2H2,1H3. The third-order valence-corrected chi connectivity index (χ3v) is 4.01. The minimum absolute atomic E-state index is 0.183. The van der Waals surface area contributed by atoms with Gasteiger partial charge in [-0.25, -0.2) is 17.2 Å². The first-order valence-corrected chi connectivity index (χ1v) is 7.62. The molecule has 2 rings (SSSR count). The molecule has 0 heterocycles. The predicted molar refractivity (Wildman–Crippen MR) is 74.8 cm³/mol. The Morgan fingerprint density at radius 3 is 2.52 bits per heavy atom. The number of sulfonamides is 1. The number of para-hydroxylation sites is 2. The maximum absolute atomic E-state index is 13.6. The summed E-state index contributed by atoms with van der Waals surface area (Å²) >= 11 is 0. The summed E-state index contributed by atoms with van der Waals surface area (Å²) in [4.78, 5) is -0.629. The SMILES string of the molecule is CCOc1ccccc1NS(=O)(=O)c1ccc(F)cc1F. The second kappa shape index (κ2) is 6.09. The van der Waals surface area contributed by atoms with Gasteiger partial charge in [0.15, 0.2) is 0 Å². The number of benzene rings is 2. The summed E-state index contributed by atoms with van der Waals surface area (Å²) in [6.07, 6.45) is 0. The molecule has 4 nitrogen and oxygen atoms in total. The van der Waals surface area contributed by atoms with Crippen LogP contribution < -0.4 is 9.46 Å².